The van der Waals surface area contributed by atoms with E-state index in [4.69, 9.17) is 5.26 Å². The fourth-order valence-electron chi connectivity index (χ4n) is 0.771. The average Bonchev–Trinajstić information content (AvgIpc) is 2.14. The summed E-state index contributed by atoms with van der Waals surface area (Å²) in [5, 5.41) is 23.0. The highest BCUT2D eigenvalue weighted by molar-refractivity contribution is 5.78. The van der Waals surface area contributed by atoms with E-state index in [2.05, 4.69) is 10.6 Å². The largest absolute Gasteiger partial charge is 0.389 e. The number of hydrogen-bond donors (Lipinski definition) is 3. The molecule has 0 bridgehead atoms. The highest BCUT2D eigenvalue weighted by Gasteiger charge is 2.16. The van der Waals surface area contributed by atoms with Crippen LogP contribution < -0.4 is 10.6 Å². The number of nitrogens with one attached hydrogen (secondary N) is 2. The van der Waals surface area contributed by atoms with Gasteiger partial charge in [0.1, 0.15) is 6.54 Å². The fraction of sp³-hybridized carbons (Fsp3) is 0.778. The van der Waals surface area contributed by atoms with Crippen LogP contribution in [0.5, 0.6) is 0 Å². The van der Waals surface area contributed by atoms with Crippen LogP contribution in [0, 0.1) is 11.3 Å². The van der Waals surface area contributed by atoms with Crippen LogP contribution in [0.1, 0.15) is 20.3 Å². The number of nitriles is 1. The molecule has 0 radical (unpaired) electrons. The number of hydrogen-bond acceptors (Lipinski definition) is 4. The second-order valence-corrected chi connectivity index (χ2v) is 3.39. The van der Waals surface area contributed by atoms with Gasteiger partial charge in [-0.2, -0.15) is 5.26 Å². The lowest BCUT2D eigenvalue weighted by Crippen LogP contribution is -2.42. The summed E-state index contributed by atoms with van der Waals surface area (Å²) in [5.74, 6) is -0.238. The molecule has 5 heteroatoms. The summed E-state index contributed by atoms with van der Waals surface area (Å²) in [7, 11) is 0. The maximum absolute atomic E-state index is 11.0. The first kappa shape index (κ1) is 12.9. The van der Waals surface area contributed by atoms with Gasteiger partial charge in [0.2, 0.25) is 5.91 Å². The van der Waals surface area contributed by atoms with Crippen LogP contribution in [0.25, 0.3) is 0 Å². The first-order valence-corrected chi connectivity index (χ1v) is 4.58. The SMILES string of the molecule is CCC(C)(O)CNCC(=O)NCC#N. The Hall–Kier alpha value is -1.12. The normalized spacial score (nSPS) is 14.1. The number of amides is 1. The Bertz CT molecular complexity index is 221. The maximum atomic E-state index is 11.0. The van der Waals surface area contributed by atoms with E-state index in [1.807, 2.05) is 13.0 Å². The number of carbonyl (C=O) groups excluding carboxylic acids is 1. The van der Waals surface area contributed by atoms with Gasteiger partial charge in [-0.25, -0.2) is 0 Å². The van der Waals surface area contributed by atoms with Gasteiger partial charge in [0, 0.05) is 6.54 Å². The summed E-state index contributed by atoms with van der Waals surface area (Å²) < 4.78 is 0. The lowest BCUT2D eigenvalue weighted by molar-refractivity contribution is -0.120. The Kier molecular flexibility index (Phi) is 5.84. The van der Waals surface area contributed by atoms with Crippen molar-refractivity contribution in [3.8, 4) is 6.07 Å². The molecule has 14 heavy (non-hydrogen) atoms. The monoisotopic (exact) mass is 199 g/mol. The van der Waals surface area contributed by atoms with E-state index in [-0.39, 0.29) is 19.0 Å². The Morgan fingerprint density at radius 1 is 1.64 bits per heavy atom. The third-order valence-electron chi connectivity index (χ3n) is 1.92. The molecule has 0 fully saturated rings. The molecule has 80 valence electrons. The van der Waals surface area contributed by atoms with E-state index in [0.29, 0.717) is 13.0 Å². The van der Waals surface area contributed by atoms with E-state index >= 15 is 0 Å². The van der Waals surface area contributed by atoms with Crippen molar-refractivity contribution in [2.75, 3.05) is 19.6 Å². The second-order valence-electron chi connectivity index (χ2n) is 3.39. The highest BCUT2D eigenvalue weighted by Crippen LogP contribution is 2.05. The predicted molar refractivity (Wildman–Crippen MR) is 52.4 cm³/mol. The molecule has 1 atom stereocenters. The van der Waals surface area contributed by atoms with Crippen molar-refractivity contribution in [1.29, 1.82) is 5.26 Å². The molecule has 0 saturated carbocycles. The topological polar surface area (TPSA) is 85.2 Å². The zero-order valence-corrected chi connectivity index (χ0v) is 8.63. The Morgan fingerprint density at radius 3 is 2.79 bits per heavy atom. The third-order valence-corrected chi connectivity index (χ3v) is 1.92. The van der Waals surface area contributed by atoms with Crippen molar-refractivity contribution in [2.45, 2.75) is 25.9 Å². The minimum atomic E-state index is -0.782. The van der Waals surface area contributed by atoms with Crippen molar-refractivity contribution >= 4 is 5.91 Å². The van der Waals surface area contributed by atoms with Gasteiger partial charge in [-0.05, 0) is 13.3 Å². The molecule has 5 nitrogen and oxygen atoms in total. The van der Waals surface area contributed by atoms with Crippen molar-refractivity contribution in [2.24, 2.45) is 0 Å². The predicted octanol–water partition coefficient (Wildman–Crippen LogP) is -0.623. The average molecular weight is 199 g/mol. The second kappa shape index (κ2) is 6.35. The lowest BCUT2D eigenvalue weighted by atomic mass is 10.0. The molecule has 0 aliphatic carbocycles. The zero-order chi connectivity index (χ0) is 11.0. The van der Waals surface area contributed by atoms with Gasteiger partial charge in [0.05, 0.1) is 18.2 Å². The number of aliphatic hydroxyl groups is 1. The van der Waals surface area contributed by atoms with Gasteiger partial charge in [0.25, 0.3) is 0 Å². The van der Waals surface area contributed by atoms with Gasteiger partial charge in [-0.3, -0.25) is 4.79 Å². The smallest absolute Gasteiger partial charge is 0.234 e. The molecule has 3 N–H and O–H groups in total. The lowest BCUT2D eigenvalue weighted by Gasteiger charge is -2.21. The van der Waals surface area contributed by atoms with Crippen molar-refractivity contribution in [3.05, 3.63) is 0 Å². The van der Waals surface area contributed by atoms with Crippen LogP contribution >= 0.6 is 0 Å². The zero-order valence-electron chi connectivity index (χ0n) is 8.63. The molecule has 1 unspecified atom stereocenters. The van der Waals surface area contributed by atoms with E-state index in [9.17, 15) is 9.90 Å². The molecule has 0 aliphatic heterocycles. The summed E-state index contributed by atoms with van der Waals surface area (Å²) in [6, 6.07) is 1.81. The molecule has 0 aromatic carbocycles. The van der Waals surface area contributed by atoms with Gasteiger partial charge in [-0.1, -0.05) is 6.92 Å². The first-order chi connectivity index (χ1) is 6.52. The maximum Gasteiger partial charge on any atom is 0.234 e. The van der Waals surface area contributed by atoms with Crippen LogP contribution in [-0.2, 0) is 4.79 Å². The molecule has 0 aromatic heterocycles. The summed E-state index contributed by atoms with van der Waals surface area (Å²) in [6.45, 7) is 4.08. The standard InChI is InChI=1S/C9H17N3O2/c1-3-9(2,14)7-11-6-8(13)12-5-4-10/h11,14H,3,5-7H2,1-2H3,(H,12,13). The van der Waals surface area contributed by atoms with Crippen molar-refractivity contribution in [3.63, 3.8) is 0 Å². The minimum absolute atomic E-state index is 0.0185. The highest BCUT2D eigenvalue weighted by atomic mass is 16.3. The van der Waals surface area contributed by atoms with Crippen LogP contribution in [0.2, 0.25) is 0 Å². The third kappa shape index (κ3) is 6.40. The molecule has 1 amide bonds. The number of rotatable bonds is 6. The van der Waals surface area contributed by atoms with E-state index in [1.54, 1.807) is 6.92 Å². The van der Waals surface area contributed by atoms with Gasteiger partial charge >= 0.3 is 0 Å². The Balaban J connectivity index is 3.55. The van der Waals surface area contributed by atoms with Crippen LogP contribution in [0.4, 0.5) is 0 Å². The molecule has 0 rings (SSSR count). The number of nitrogens with zero attached hydrogens (tertiary/aromatic N) is 1. The van der Waals surface area contributed by atoms with Gasteiger partial charge in [0.15, 0.2) is 0 Å². The minimum Gasteiger partial charge on any atom is -0.389 e. The molecule has 0 saturated heterocycles. The molecule has 0 aromatic rings. The van der Waals surface area contributed by atoms with Crippen molar-refractivity contribution in [1.82, 2.24) is 10.6 Å². The molecular formula is C9H17N3O2. The molecule has 0 spiro atoms. The van der Waals surface area contributed by atoms with Crippen LogP contribution in [0.3, 0.4) is 0 Å². The van der Waals surface area contributed by atoms with Crippen molar-refractivity contribution < 1.29 is 9.90 Å². The van der Waals surface area contributed by atoms with Crippen LogP contribution in [0.15, 0.2) is 0 Å². The van der Waals surface area contributed by atoms with Crippen LogP contribution in [-0.4, -0.2) is 36.2 Å². The number of carbonyl (C=O) groups is 1. The summed E-state index contributed by atoms with van der Waals surface area (Å²) in [4.78, 5) is 11.0. The Labute approximate surface area is 84.1 Å². The van der Waals surface area contributed by atoms with Gasteiger partial charge in [-0.15, -0.1) is 0 Å². The van der Waals surface area contributed by atoms with E-state index in [1.165, 1.54) is 0 Å². The fourth-order valence-corrected chi connectivity index (χ4v) is 0.771. The quantitative estimate of drug-likeness (QED) is 0.497. The van der Waals surface area contributed by atoms with Gasteiger partial charge < -0.3 is 15.7 Å². The van der Waals surface area contributed by atoms with E-state index < -0.39 is 5.60 Å². The summed E-state index contributed by atoms with van der Waals surface area (Å²) >= 11 is 0. The first-order valence-electron chi connectivity index (χ1n) is 4.58. The van der Waals surface area contributed by atoms with E-state index in [0.717, 1.165) is 0 Å². The molecule has 0 aliphatic rings. The summed E-state index contributed by atoms with van der Waals surface area (Å²) in [5.41, 5.74) is -0.782. The molecular weight excluding hydrogens is 182 g/mol. The Morgan fingerprint density at radius 2 is 2.29 bits per heavy atom. The molecule has 0 heterocycles. The summed E-state index contributed by atoms with van der Waals surface area (Å²) in [6.07, 6.45) is 0.625.